The van der Waals surface area contributed by atoms with E-state index in [-0.39, 0.29) is 11.3 Å². The van der Waals surface area contributed by atoms with Crippen molar-refractivity contribution in [1.29, 1.82) is 0 Å². The third kappa shape index (κ3) is 5.85. The lowest BCUT2D eigenvalue weighted by atomic mass is 10.1. The van der Waals surface area contributed by atoms with E-state index in [9.17, 15) is 26.4 Å². The van der Waals surface area contributed by atoms with Crippen molar-refractivity contribution in [2.45, 2.75) is 24.4 Å². The van der Waals surface area contributed by atoms with Crippen LogP contribution in [0.3, 0.4) is 0 Å². The molecular weight excluding hydrogens is 429 g/mol. The number of aryl methyl sites for hydroxylation is 1. The molecule has 0 aromatic heterocycles. The molecule has 0 bridgehead atoms. The van der Waals surface area contributed by atoms with Gasteiger partial charge in [0.25, 0.3) is 10.0 Å². The molecule has 162 valence electrons. The number of alkyl halides is 3. The summed E-state index contributed by atoms with van der Waals surface area (Å²) in [6.07, 6.45) is -4.57. The van der Waals surface area contributed by atoms with Crippen molar-refractivity contribution in [3.63, 3.8) is 0 Å². The summed E-state index contributed by atoms with van der Waals surface area (Å²) in [6, 6.07) is 16.9. The van der Waals surface area contributed by atoms with Crippen molar-refractivity contribution in [2.75, 3.05) is 10.0 Å². The fourth-order valence-corrected chi connectivity index (χ4v) is 3.96. The Morgan fingerprint density at radius 3 is 2.19 bits per heavy atom. The van der Waals surface area contributed by atoms with E-state index in [1.165, 1.54) is 30.3 Å². The maximum atomic E-state index is 12.6. The molecular formula is C22H19F3N2O3S. The average molecular weight is 448 g/mol. The number of anilines is 2. The van der Waals surface area contributed by atoms with Gasteiger partial charge in [0.2, 0.25) is 5.91 Å². The summed E-state index contributed by atoms with van der Waals surface area (Å²) in [7, 11) is -3.80. The molecule has 31 heavy (non-hydrogen) atoms. The second-order valence-corrected chi connectivity index (χ2v) is 8.55. The minimum atomic E-state index is -4.44. The number of sulfonamides is 1. The summed E-state index contributed by atoms with van der Waals surface area (Å²) in [6.45, 7) is 1.72. The van der Waals surface area contributed by atoms with Crippen LogP contribution in [-0.2, 0) is 27.4 Å². The lowest BCUT2D eigenvalue weighted by molar-refractivity contribution is -0.137. The van der Waals surface area contributed by atoms with E-state index in [0.717, 1.165) is 12.1 Å². The smallest absolute Gasteiger partial charge is 0.326 e. The number of benzene rings is 3. The Hall–Kier alpha value is -3.33. The average Bonchev–Trinajstić information content (AvgIpc) is 2.71. The molecule has 0 saturated heterocycles. The molecule has 0 saturated carbocycles. The van der Waals surface area contributed by atoms with Gasteiger partial charge in [-0.2, -0.15) is 13.2 Å². The molecule has 9 heteroatoms. The Kier molecular flexibility index (Phi) is 6.35. The minimum Gasteiger partial charge on any atom is -0.326 e. The van der Waals surface area contributed by atoms with Crippen LogP contribution >= 0.6 is 0 Å². The molecule has 0 atom stereocenters. The highest BCUT2D eigenvalue weighted by atomic mass is 32.2. The minimum absolute atomic E-state index is 0.103. The largest absolute Gasteiger partial charge is 0.416 e. The van der Waals surface area contributed by atoms with Crippen LogP contribution in [0, 0.1) is 6.92 Å². The number of carbonyl (C=O) groups is 1. The number of amides is 1. The molecule has 0 fully saturated rings. The zero-order valence-electron chi connectivity index (χ0n) is 16.4. The SMILES string of the molecule is Cc1ccc(NC(=O)Cc2ccc(C(F)(F)F)cc2)cc1NS(=O)(=O)c1ccccc1. The Morgan fingerprint density at radius 2 is 1.58 bits per heavy atom. The van der Waals surface area contributed by atoms with Gasteiger partial charge in [-0.05, 0) is 54.4 Å². The molecule has 3 aromatic carbocycles. The topological polar surface area (TPSA) is 75.3 Å². The van der Waals surface area contributed by atoms with Gasteiger partial charge in [0.05, 0.1) is 22.6 Å². The number of nitrogens with one attached hydrogen (secondary N) is 2. The van der Waals surface area contributed by atoms with Crippen molar-refractivity contribution < 1.29 is 26.4 Å². The highest BCUT2D eigenvalue weighted by molar-refractivity contribution is 7.92. The predicted molar refractivity (Wildman–Crippen MR) is 112 cm³/mol. The molecule has 0 aliphatic carbocycles. The van der Waals surface area contributed by atoms with E-state index in [1.54, 1.807) is 37.3 Å². The van der Waals surface area contributed by atoms with Crippen molar-refractivity contribution >= 4 is 27.3 Å². The standard InChI is InChI=1S/C22H19F3N2O3S/c1-15-7-12-18(14-20(15)27-31(29,30)19-5-3-2-4-6-19)26-21(28)13-16-8-10-17(11-9-16)22(23,24)25/h2-12,14,27H,13H2,1H3,(H,26,28). The molecule has 2 N–H and O–H groups in total. The predicted octanol–water partition coefficient (Wildman–Crippen LogP) is 5.00. The van der Waals surface area contributed by atoms with Gasteiger partial charge in [-0.15, -0.1) is 0 Å². The first-order valence-corrected chi connectivity index (χ1v) is 10.7. The van der Waals surface area contributed by atoms with Crippen LogP contribution in [0.4, 0.5) is 24.5 Å². The number of halogens is 3. The van der Waals surface area contributed by atoms with Gasteiger partial charge in [0.1, 0.15) is 0 Å². The van der Waals surface area contributed by atoms with E-state index < -0.39 is 27.7 Å². The lowest BCUT2D eigenvalue weighted by Gasteiger charge is -2.13. The van der Waals surface area contributed by atoms with Gasteiger partial charge in [0, 0.05) is 5.69 Å². The first-order chi connectivity index (χ1) is 14.5. The van der Waals surface area contributed by atoms with Crippen LogP contribution in [0.5, 0.6) is 0 Å². The fraction of sp³-hybridized carbons (Fsp3) is 0.136. The number of carbonyl (C=O) groups excluding carboxylic acids is 1. The summed E-state index contributed by atoms with van der Waals surface area (Å²) in [5, 5.41) is 2.63. The maximum absolute atomic E-state index is 12.6. The summed E-state index contributed by atoms with van der Waals surface area (Å²) in [4.78, 5) is 12.4. The summed E-state index contributed by atoms with van der Waals surface area (Å²) < 4.78 is 65.5. The number of hydrogen-bond donors (Lipinski definition) is 2. The third-order valence-corrected chi connectivity index (χ3v) is 5.85. The van der Waals surface area contributed by atoms with Crippen LogP contribution < -0.4 is 10.0 Å². The molecule has 3 aromatic rings. The summed E-state index contributed by atoms with van der Waals surface area (Å²) >= 11 is 0. The normalized spacial score (nSPS) is 11.7. The van der Waals surface area contributed by atoms with E-state index in [0.29, 0.717) is 22.5 Å². The molecule has 5 nitrogen and oxygen atoms in total. The lowest BCUT2D eigenvalue weighted by Crippen LogP contribution is -2.16. The summed E-state index contributed by atoms with van der Waals surface area (Å²) in [5.41, 5.74) is 0.942. The van der Waals surface area contributed by atoms with Gasteiger partial charge in [-0.1, -0.05) is 36.4 Å². The van der Waals surface area contributed by atoms with E-state index in [4.69, 9.17) is 0 Å². The molecule has 3 rings (SSSR count). The van der Waals surface area contributed by atoms with Crippen LogP contribution in [-0.4, -0.2) is 14.3 Å². The number of hydrogen-bond acceptors (Lipinski definition) is 3. The Morgan fingerprint density at radius 1 is 0.935 bits per heavy atom. The zero-order chi connectivity index (χ0) is 22.6. The van der Waals surface area contributed by atoms with Gasteiger partial charge in [0.15, 0.2) is 0 Å². The Labute approximate surface area is 178 Å². The Bertz CT molecular complexity index is 1180. The summed E-state index contributed by atoms with van der Waals surface area (Å²) in [5.74, 6) is -0.444. The van der Waals surface area contributed by atoms with Gasteiger partial charge in [-0.3, -0.25) is 9.52 Å². The van der Waals surface area contributed by atoms with Gasteiger partial charge >= 0.3 is 6.18 Å². The Balaban J connectivity index is 1.71. The molecule has 0 aliphatic rings. The molecule has 1 amide bonds. The van der Waals surface area contributed by atoms with Crippen molar-refractivity contribution in [3.05, 3.63) is 89.5 Å². The number of rotatable bonds is 6. The van der Waals surface area contributed by atoms with Crippen molar-refractivity contribution in [3.8, 4) is 0 Å². The van der Waals surface area contributed by atoms with Gasteiger partial charge < -0.3 is 5.32 Å². The first kappa shape index (κ1) is 22.4. The zero-order valence-corrected chi connectivity index (χ0v) is 17.2. The molecule has 0 aliphatic heterocycles. The molecule has 0 heterocycles. The first-order valence-electron chi connectivity index (χ1n) is 9.19. The highest BCUT2D eigenvalue weighted by Crippen LogP contribution is 2.29. The van der Waals surface area contributed by atoms with Gasteiger partial charge in [-0.25, -0.2) is 8.42 Å². The maximum Gasteiger partial charge on any atom is 0.416 e. The van der Waals surface area contributed by atoms with Crippen LogP contribution in [0.1, 0.15) is 16.7 Å². The van der Waals surface area contributed by atoms with Crippen LogP contribution in [0.25, 0.3) is 0 Å². The van der Waals surface area contributed by atoms with Crippen molar-refractivity contribution in [1.82, 2.24) is 0 Å². The molecule has 0 spiro atoms. The van der Waals surface area contributed by atoms with Crippen molar-refractivity contribution in [2.24, 2.45) is 0 Å². The fourth-order valence-electron chi connectivity index (χ4n) is 2.82. The van der Waals surface area contributed by atoms with Crippen LogP contribution in [0.15, 0.2) is 77.7 Å². The van der Waals surface area contributed by atoms with E-state index >= 15 is 0 Å². The monoisotopic (exact) mass is 448 g/mol. The van der Waals surface area contributed by atoms with E-state index in [2.05, 4.69) is 10.0 Å². The molecule has 0 radical (unpaired) electrons. The van der Waals surface area contributed by atoms with Crippen LogP contribution in [0.2, 0.25) is 0 Å². The quantitative estimate of drug-likeness (QED) is 0.558. The highest BCUT2D eigenvalue weighted by Gasteiger charge is 2.30. The van der Waals surface area contributed by atoms with E-state index in [1.807, 2.05) is 0 Å². The third-order valence-electron chi connectivity index (χ3n) is 4.47. The second-order valence-electron chi connectivity index (χ2n) is 6.87. The molecule has 0 unspecified atom stereocenters. The second kappa shape index (κ2) is 8.81.